The molecule has 0 aliphatic carbocycles. The second-order valence-electron chi connectivity index (χ2n) is 4.56. The number of rotatable bonds is 2. The molecule has 0 amide bonds. The largest absolute Gasteiger partial charge is 0.331 e. The Labute approximate surface area is 111 Å². The first kappa shape index (κ1) is 11.5. The highest BCUT2D eigenvalue weighted by Gasteiger charge is 2.08. The predicted octanol–water partition coefficient (Wildman–Crippen LogP) is 3.04. The van der Waals surface area contributed by atoms with Crippen LogP contribution in [0.2, 0.25) is 0 Å². The van der Waals surface area contributed by atoms with Crippen molar-refractivity contribution >= 4 is 11.0 Å². The lowest BCUT2D eigenvalue weighted by atomic mass is 10.1. The molecule has 0 atom stereocenters. The lowest BCUT2D eigenvalue weighted by Gasteiger charge is -2.02. The highest BCUT2D eigenvalue weighted by Crippen LogP contribution is 2.18. The smallest absolute Gasteiger partial charge is 0.114 e. The van der Waals surface area contributed by atoms with Crippen LogP contribution in [0.4, 0.5) is 0 Å². The Hall–Kier alpha value is -2.60. The van der Waals surface area contributed by atoms with Crippen molar-refractivity contribution in [2.24, 2.45) is 7.05 Å². The lowest BCUT2D eigenvalue weighted by molar-refractivity contribution is 0.844. The third-order valence-corrected chi connectivity index (χ3v) is 3.31. The van der Waals surface area contributed by atoms with Crippen LogP contribution in [0.15, 0.2) is 48.5 Å². The van der Waals surface area contributed by atoms with Crippen LogP contribution in [0, 0.1) is 11.3 Å². The van der Waals surface area contributed by atoms with E-state index in [1.54, 1.807) is 0 Å². The Morgan fingerprint density at radius 1 is 1.16 bits per heavy atom. The molecule has 0 saturated heterocycles. The zero-order chi connectivity index (χ0) is 13.2. The van der Waals surface area contributed by atoms with E-state index in [-0.39, 0.29) is 0 Å². The van der Waals surface area contributed by atoms with Crippen LogP contribution in [0.3, 0.4) is 0 Å². The second-order valence-corrected chi connectivity index (χ2v) is 4.56. The molecule has 0 radical (unpaired) electrons. The topological polar surface area (TPSA) is 41.6 Å². The van der Waals surface area contributed by atoms with Crippen molar-refractivity contribution in [1.82, 2.24) is 9.55 Å². The number of imidazole rings is 1. The monoisotopic (exact) mass is 247 g/mol. The number of hydrogen-bond acceptors (Lipinski definition) is 2. The third kappa shape index (κ3) is 2.09. The molecule has 3 rings (SSSR count). The van der Waals surface area contributed by atoms with Crippen molar-refractivity contribution in [2.75, 3.05) is 0 Å². The van der Waals surface area contributed by atoms with E-state index in [1.807, 2.05) is 43.4 Å². The van der Waals surface area contributed by atoms with Gasteiger partial charge in [0.15, 0.2) is 0 Å². The molecular formula is C16H13N3. The Morgan fingerprint density at radius 3 is 2.68 bits per heavy atom. The lowest BCUT2D eigenvalue weighted by Crippen LogP contribution is -1.98. The first-order chi connectivity index (χ1) is 9.28. The van der Waals surface area contributed by atoms with Gasteiger partial charge < -0.3 is 4.57 Å². The maximum Gasteiger partial charge on any atom is 0.114 e. The Morgan fingerprint density at radius 2 is 1.95 bits per heavy atom. The fraction of sp³-hybridized carbons (Fsp3) is 0.125. The Balaban J connectivity index is 2.06. The summed E-state index contributed by atoms with van der Waals surface area (Å²) in [6.07, 6.45) is 0.800. The van der Waals surface area contributed by atoms with Crippen LogP contribution < -0.4 is 0 Å². The molecule has 0 saturated carbocycles. The molecule has 0 bridgehead atoms. The van der Waals surface area contributed by atoms with Gasteiger partial charge in [-0.05, 0) is 23.8 Å². The third-order valence-electron chi connectivity index (χ3n) is 3.31. The maximum absolute atomic E-state index is 8.95. The van der Waals surface area contributed by atoms with Crippen LogP contribution in [0.5, 0.6) is 0 Å². The van der Waals surface area contributed by atoms with E-state index in [0.29, 0.717) is 5.56 Å². The van der Waals surface area contributed by atoms with Gasteiger partial charge in [-0.15, -0.1) is 0 Å². The number of aromatic nitrogens is 2. The second kappa shape index (κ2) is 4.58. The van der Waals surface area contributed by atoms with Crippen LogP contribution in [0.25, 0.3) is 11.0 Å². The van der Waals surface area contributed by atoms with Crippen LogP contribution in [-0.2, 0) is 13.5 Å². The van der Waals surface area contributed by atoms with E-state index in [2.05, 4.69) is 27.8 Å². The highest BCUT2D eigenvalue weighted by atomic mass is 15.1. The van der Waals surface area contributed by atoms with E-state index in [1.165, 1.54) is 5.56 Å². The summed E-state index contributed by atoms with van der Waals surface area (Å²) in [4.78, 5) is 4.64. The number of aryl methyl sites for hydroxylation is 1. The molecule has 3 aromatic rings. The summed E-state index contributed by atoms with van der Waals surface area (Å²) in [5.41, 5.74) is 3.85. The van der Waals surface area contributed by atoms with Gasteiger partial charge in [-0.2, -0.15) is 5.26 Å². The van der Waals surface area contributed by atoms with Gasteiger partial charge in [0, 0.05) is 13.5 Å². The molecule has 19 heavy (non-hydrogen) atoms. The van der Waals surface area contributed by atoms with Crippen molar-refractivity contribution in [3.63, 3.8) is 0 Å². The van der Waals surface area contributed by atoms with Gasteiger partial charge in [-0.3, -0.25) is 0 Å². The molecule has 3 heteroatoms. The van der Waals surface area contributed by atoms with Crippen molar-refractivity contribution in [1.29, 1.82) is 5.26 Å². The first-order valence-corrected chi connectivity index (χ1v) is 6.17. The fourth-order valence-corrected chi connectivity index (χ4v) is 2.25. The molecule has 2 aromatic carbocycles. The van der Waals surface area contributed by atoms with Gasteiger partial charge in [0.05, 0.1) is 22.7 Å². The summed E-state index contributed by atoms with van der Waals surface area (Å²) in [5, 5.41) is 8.95. The van der Waals surface area contributed by atoms with E-state index in [4.69, 9.17) is 5.26 Å². The summed E-state index contributed by atoms with van der Waals surface area (Å²) in [6.45, 7) is 0. The quantitative estimate of drug-likeness (QED) is 0.698. The number of nitrogens with zero attached hydrogens (tertiary/aromatic N) is 3. The SMILES string of the molecule is Cn1c(Cc2ccccc2)nc2ccc(C#N)cc21. The van der Waals surface area contributed by atoms with Crippen molar-refractivity contribution in [3.8, 4) is 6.07 Å². The van der Waals surface area contributed by atoms with Crippen molar-refractivity contribution < 1.29 is 0 Å². The molecule has 0 aliphatic heterocycles. The van der Waals surface area contributed by atoms with E-state index < -0.39 is 0 Å². The molecule has 3 nitrogen and oxygen atoms in total. The minimum absolute atomic E-state index is 0.668. The normalized spacial score (nSPS) is 10.5. The zero-order valence-corrected chi connectivity index (χ0v) is 10.7. The maximum atomic E-state index is 8.95. The molecule has 1 heterocycles. The van der Waals surface area contributed by atoms with Gasteiger partial charge in [0.1, 0.15) is 5.82 Å². The zero-order valence-electron chi connectivity index (χ0n) is 10.7. The molecule has 92 valence electrons. The minimum atomic E-state index is 0.668. The molecule has 0 fully saturated rings. The average Bonchev–Trinajstić information content (AvgIpc) is 2.76. The molecular weight excluding hydrogens is 234 g/mol. The Kier molecular flexibility index (Phi) is 2.77. The molecule has 0 N–H and O–H groups in total. The number of fused-ring (bicyclic) bond motifs is 1. The number of hydrogen-bond donors (Lipinski definition) is 0. The van der Waals surface area contributed by atoms with Gasteiger partial charge in [0.2, 0.25) is 0 Å². The van der Waals surface area contributed by atoms with Crippen LogP contribution >= 0.6 is 0 Å². The first-order valence-electron chi connectivity index (χ1n) is 6.17. The van der Waals surface area contributed by atoms with E-state index >= 15 is 0 Å². The van der Waals surface area contributed by atoms with E-state index in [9.17, 15) is 0 Å². The van der Waals surface area contributed by atoms with Gasteiger partial charge in [0.25, 0.3) is 0 Å². The Bertz CT molecular complexity index is 764. The van der Waals surface area contributed by atoms with Gasteiger partial charge >= 0.3 is 0 Å². The number of nitriles is 1. The van der Waals surface area contributed by atoms with Crippen LogP contribution in [-0.4, -0.2) is 9.55 Å². The van der Waals surface area contributed by atoms with Crippen molar-refractivity contribution in [3.05, 3.63) is 65.5 Å². The molecule has 0 spiro atoms. The summed E-state index contributed by atoms with van der Waals surface area (Å²) in [5.74, 6) is 1.01. The predicted molar refractivity (Wildman–Crippen MR) is 74.7 cm³/mol. The molecule has 0 unspecified atom stereocenters. The highest BCUT2D eigenvalue weighted by molar-refractivity contribution is 5.77. The fourth-order valence-electron chi connectivity index (χ4n) is 2.25. The van der Waals surface area contributed by atoms with E-state index in [0.717, 1.165) is 23.3 Å². The summed E-state index contributed by atoms with van der Waals surface area (Å²) in [7, 11) is 1.99. The van der Waals surface area contributed by atoms with Gasteiger partial charge in [-0.25, -0.2) is 4.98 Å². The van der Waals surface area contributed by atoms with Gasteiger partial charge in [-0.1, -0.05) is 30.3 Å². The summed E-state index contributed by atoms with van der Waals surface area (Å²) in [6, 6.07) is 18.0. The minimum Gasteiger partial charge on any atom is -0.331 e. The summed E-state index contributed by atoms with van der Waals surface area (Å²) < 4.78 is 2.06. The summed E-state index contributed by atoms with van der Waals surface area (Å²) >= 11 is 0. The average molecular weight is 247 g/mol. The van der Waals surface area contributed by atoms with Crippen LogP contribution in [0.1, 0.15) is 17.0 Å². The molecule has 0 aliphatic rings. The molecule has 1 aromatic heterocycles. The standard InChI is InChI=1S/C16H13N3/c1-19-15-9-13(11-17)7-8-14(15)18-16(19)10-12-5-3-2-4-6-12/h2-9H,10H2,1H3. The van der Waals surface area contributed by atoms with Crippen molar-refractivity contribution in [2.45, 2.75) is 6.42 Å². The number of benzene rings is 2.